The first-order valence-electron chi connectivity index (χ1n) is 7.03. The zero-order chi connectivity index (χ0) is 15.7. The third kappa shape index (κ3) is 2.76. The maximum absolute atomic E-state index is 13.8. The highest BCUT2D eigenvalue weighted by Gasteiger charge is 2.34. The third-order valence-corrected chi connectivity index (χ3v) is 5.63. The van der Waals surface area contributed by atoms with Crippen LogP contribution in [0.15, 0.2) is 33.7 Å². The van der Waals surface area contributed by atoms with Crippen molar-refractivity contribution in [3.63, 3.8) is 0 Å². The van der Waals surface area contributed by atoms with Crippen LogP contribution in [-0.4, -0.2) is 36.0 Å². The average Bonchev–Trinajstić information content (AvgIpc) is 2.94. The van der Waals surface area contributed by atoms with Gasteiger partial charge in [0.15, 0.2) is 5.82 Å². The second-order valence-corrected chi connectivity index (χ2v) is 7.22. The van der Waals surface area contributed by atoms with Gasteiger partial charge in [0.25, 0.3) is 0 Å². The molecule has 3 rings (SSSR count). The summed E-state index contributed by atoms with van der Waals surface area (Å²) in [6.45, 7) is 2.29. The third-order valence-electron chi connectivity index (χ3n) is 3.73. The van der Waals surface area contributed by atoms with Gasteiger partial charge in [0.2, 0.25) is 15.9 Å². The fourth-order valence-electron chi connectivity index (χ4n) is 2.63. The van der Waals surface area contributed by atoms with E-state index in [1.807, 2.05) is 0 Å². The average molecular weight is 325 g/mol. The molecule has 6 nitrogen and oxygen atoms in total. The molecule has 1 atom stereocenters. The Balaban J connectivity index is 1.87. The van der Waals surface area contributed by atoms with E-state index in [1.54, 1.807) is 6.92 Å². The van der Waals surface area contributed by atoms with Crippen molar-refractivity contribution in [2.75, 3.05) is 13.1 Å². The van der Waals surface area contributed by atoms with Gasteiger partial charge in [0.05, 0.1) is 5.92 Å². The van der Waals surface area contributed by atoms with Crippen LogP contribution in [0.25, 0.3) is 0 Å². The first kappa shape index (κ1) is 15.1. The number of benzene rings is 1. The molecule has 0 aliphatic carbocycles. The van der Waals surface area contributed by atoms with Crippen molar-refractivity contribution in [3.8, 4) is 0 Å². The Morgan fingerprint density at radius 3 is 2.82 bits per heavy atom. The van der Waals surface area contributed by atoms with Crippen molar-refractivity contribution < 1.29 is 17.3 Å². The summed E-state index contributed by atoms with van der Waals surface area (Å²) in [5.41, 5.74) is 0. The molecular formula is C14H16FN3O3S. The Bertz CT molecular complexity index is 775. The largest absolute Gasteiger partial charge is 0.339 e. The molecule has 1 aromatic heterocycles. The minimum absolute atomic E-state index is 0.156. The molecule has 2 aromatic rings. The molecule has 0 bridgehead atoms. The first-order chi connectivity index (χ1) is 10.5. The van der Waals surface area contributed by atoms with Gasteiger partial charge in [-0.25, -0.2) is 12.8 Å². The number of nitrogens with zero attached hydrogens (tertiary/aromatic N) is 3. The lowest BCUT2D eigenvalue weighted by atomic mass is 10.00. The highest BCUT2D eigenvalue weighted by Crippen LogP contribution is 2.30. The van der Waals surface area contributed by atoms with Crippen molar-refractivity contribution >= 4 is 10.0 Å². The van der Waals surface area contributed by atoms with E-state index >= 15 is 0 Å². The second-order valence-electron chi connectivity index (χ2n) is 5.31. The van der Waals surface area contributed by atoms with Crippen LogP contribution < -0.4 is 0 Å². The van der Waals surface area contributed by atoms with Crippen LogP contribution in [0.3, 0.4) is 0 Å². The molecule has 1 saturated heterocycles. The lowest BCUT2D eigenvalue weighted by molar-refractivity contribution is 0.264. The second kappa shape index (κ2) is 5.77. The van der Waals surface area contributed by atoms with Crippen molar-refractivity contribution in [2.45, 2.75) is 30.6 Å². The maximum atomic E-state index is 13.8. The van der Waals surface area contributed by atoms with Gasteiger partial charge in [0, 0.05) is 13.1 Å². The van der Waals surface area contributed by atoms with E-state index in [9.17, 15) is 12.8 Å². The van der Waals surface area contributed by atoms with Gasteiger partial charge in [-0.15, -0.1) is 0 Å². The van der Waals surface area contributed by atoms with Gasteiger partial charge in [-0.2, -0.15) is 9.29 Å². The van der Waals surface area contributed by atoms with Crippen molar-refractivity contribution in [1.29, 1.82) is 0 Å². The topological polar surface area (TPSA) is 76.3 Å². The van der Waals surface area contributed by atoms with Crippen molar-refractivity contribution in [1.82, 2.24) is 14.4 Å². The Morgan fingerprint density at radius 1 is 1.36 bits per heavy atom. The summed E-state index contributed by atoms with van der Waals surface area (Å²) in [5, 5.41) is 3.74. The number of aryl methyl sites for hydroxylation is 1. The summed E-state index contributed by atoms with van der Waals surface area (Å²) in [7, 11) is -3.86. The van der Waals surface area contributed by atoms with E-state index in [2.05, 4.69) is 10.1 Å². The Labute approximate surface area is 128 Å². The fraction of sp³-hybridized carbons (Fsp3) is 0.429. The molecule has 0 amide bonds. The molecule has 1 aliphatic heterocycles. The number of piperidine rings is 1. The smallest absolute Gasteiger partial charge is 0.246 e. The van der Waals surface area contributed by atoms with Gasteiger partial charge >= 0.3 is 0 Å². The molecule has 0 unspecified atom stereocenters. The number of hydrogen-bond acceptors (Lipinski definition) is 5. The van der Waals surface area contributed by atoms with Crippen LogP contribution in [0.5, 0.6) is 0 Å². The summed E-state index contributed by atoms with van der Waals surface area (Å²) < 4.78 is 45.5. The predicted molar refractivity (Wildman–Crippen MR) is 76.2 cm³/mol. The van der Waals surface area contributed by atoms with Crippen molar-refractivity contribution in [3.05, 3.63) is 41.8 Å². The van der Waals surface area contributed by atoms with Crippen LogP contribution in [0.4, 0.5) is 4.39 Å². The maximum Gasteiger partial charge on any atom is 0.246 e. The zero-order valence-corrected chi connectivity index (χ0v) is 12.9. The highest BCUT2D eigenvalue weighted by atomic mass is 32.2. The van der Waals surface area contributed by atoms with Gasteiger partial charge in [0.1, 0.15) is 10.7 Å². The molecule has 1 aromatic carbocycles. The predicted octanol–water partition coefficient (Wildman–Crippen LogP) is 2.09. The molecular weight excluding hydrogens is 309 g/mol. The standard InChI is InChI=1S/C14H16FN3O3S/c1-10-16-14(21-17-10)11-5-4-8-18(9-11)22(19,20)13-7-3-2-6-12(13)15/h2-3,6-7,11H,4-5,8-9H2,1H3/t11-/m1/s1. The van der Waals surface area contributed by atoms with E-state index in [1.165, 1.54) is 22.5 Å². The normalized spacial score (nSPS) is 20.2. The van der Waals surface area contributed by atoms with Crippen LogP contribution in [0, 0.1) is 12.7 Å². The van der Waals surface area contributed by atoms with E-state index < -0.39 is 15.8 Å². The molecule has 0 saturated carbocycles. The summed E-state index contributed by atoms with van der Waals surface area (Å²) in [6.07, 6.45) is 1.44. The molecule has 0 radical (unpaired) electrons. The lowest BCUT2D eigenvalue weighted by Crippen LogP contribution is -2.39. The molecule has 1 aliphatic rings. The highest BCUT2D eigenvalue weighted by molar-refractivity contribution is 7.89. The van der Waals surface area contributed by atoms with Crippen LogP contribution >= 0.6 is 0 Å². The van der Waals surface area contributed by atoms with Gasteiger partial charge in [-0.1, -0.05) is 17.3 Å². The summed E-state index contributed by atoms with van der Waals surface area (Å²) in [6, 6.07) is 5.41. The monoisotopic (exact) mass is 325 g/mol. The van der Waals surface area contributed by atoms with E-state index in [4.69, 9.17) is 4.52 Å². The lowest BCUT2D eigenvalue weighted by Gasteiger charge is -2.30. The van der Waals surface area contributed by atoms with Gasteiger partial charge < -0.3 is 4.52 Å². The first-order valence-corrected chi connectivity index (χ1v) is 8.47. The molecule has 8 heteroatoms. The SMILES string of the molecule is Cc1noc([C@@H]2CCCN(S(=O)(=O)c3ccccc3F)C2)n1. The van der Waals surface area contributed by atoms with E-state index in [0.717, 1.165) is 12.5 Å². The van der Waals surface area contributed by atoms with Crippen LogP contribution in [0.2, 0.25) is 0 Å². The number of hydrogen-bond donors (Lipinski definition) is 0. The minimum Gasteiger partial charge on any atom is -0.339 e. The fourth-order valence-corrected chi connectivity index (χ4v) is 4.22. The van der Waals surface area contributed by atoms with Crippen LogP contribution in [-0.2, 0) is 10.0 Å². The van der Waals surface area contributed by atoms with E-state index in [-0.39, 0.29) is 17.4 Å². The molecule has 22 heavy (non-hydrogen) atoms. The summed E-state index contributed by atoms with van der Waals surface area (Å²) in [5.74, 6) is 0.0600. The Morgan fingerprint density at radius 2 is 2.14 bits per heavy atom. The summed E-state index contributed by atoms with van der Waals surface area (Å²) >= 11 is 0. The number of sulfonamides is 1. The van der Waals surface area contributed by atoms with E-state index in [0.29, 0.717) is 24.7 Å². The molecule has 1 fully saturated rings. The number of halogens is 1. The number of rotatable bonds is 3. The molecule has 118 valence electrons. The summed E-state index contributed by atoms with van der Waals surface area (Å²) in [4.78, 5) is 3.87. The Hall–Kier alpha value is -1.80. The molecule has 0 N–H and O–H groups in total. The molecule has 0 spiro atoms. The molecule has 2 heterocycles. The Kier molecular flexibility index (Phi) is 3.96. The quantitative estimate of drug-likeness (QED) is 0.863. The number of aromatic nitrogens is 2. The van der Waals surface area contributed by atoms with Crippen LogP contribution in [0.1, 0.15) is 30.5 Å². The van der Waals surface area contributed by atoms with Gasteiger partial charge in [-0.05, 0) is 31.9 Å². The van der Waals surface area contributed by atoms with Crippen molar-refractivity contribution in [2.24, 2.45) is 0 Å². The van der Waals surface area contributed by atoms with Gasteiger partial charge in [-0.3, -0.25) is 0 Å². The minimum atomic E-state index is -3.86. The zero-order valence-electron chi connectivity index (χ0n) is 12.1.